The number of ether oxygens (including phenoxy) is 1. The number of likely N-dealkylation sites (tertiary alicyclic amines) is 1. The lowest BCUT2D eigenvalue weighted by molar-refractivity contribution is -0.117. The molecule has 0 radical (unpaired) electrons. The molecule has 1 aliphatic heterocycles. The molecule has 80 valence electrons. The van der Waals surface area contributed by atoms with Crippen LogP contribution in [0.1, 0.15) is 20.8 Å². The highest BCUT2D eigenvalue weighted by atomic mass is 16.6. The molecule has 0 aromatic heterocycles. The molecule has 1 unspecified atom stereocenters. The summed E-state index contributed by atoms with van der Waals surface area (Å²) in [6, 6.07) is -0.553. The van der Waals surface area contributed by atoms with E-state index >= 15 is 0 Å². The van der Waals surface area contributed by atoms with Crippen LogP contribution < -0.4 is 5.73 Å². The molecular formula is C9H16N2O3. The Morgan fingerprint density at radius 2 is 2.14 bits per heavy atom. The maximum atomic E-state index is 11.4. The number of hydrogen-bond donors (Lipinski definition) is 1. The number of carbonyl (C=O) groups is 2. The quantitative estimate of drug-likeness (QED) is 0.603. The third-order valence-electron chi connectivity index (χ3n) is 1.83. The van der Waals surface area contributed by atoms with Crippen LogP contribution >= 0.6 is 0 Å². The highest BCUT2D eigenvalue weighted by Gasteiger charge is 2.33. The first-order valence-corrected chi connectivity index (χ1v) is 4.56. The van der Waals surface area contributed by atoms with Crippen LogP contribution in [0.2, 0.25) is 0 Å². The lowest BCUT2D eigenvalue weighted by atomic mass is 10.2. The molecule has 1 saturated heterocycles. The molecule has 1 amide bonds. The number of nitrogens with zero attached hydrogens (tertiary/aromatic N) is 1. The molecule has 1 heterocycles. The van der Waals surface area contributed by atoms with E-state index in [1.165, 1.54) is 4.90 Å². The molecule has 1 rings (SSSR count). The number of amides is 1. The van der Waals surface area contributed by atoms with E-state index < -0.39 is 17.7 Å². The molecule has 5 nitrogen and oxygen atoms in total. The number of ketones is 1. The second-order valence-corrected chi connectivity index (χ2v) is 4.43. The topological polar surface area (TPSA) is 72.6 Å². The smallest absolute Gasteiger partial charge is 0.410 e. The van der Waals surface area contributed by atoms with Crippen LogP contribution in [0.3, 0.4) is 0 Å². The zero-order valence-electron chi connectivity index (χ0n) is 8.74. The fourth-order valence-corrected chi connectivity index (χ4v) is 1.17. The van der Waals surface area contributed by atoms with E-state index in [1.54, 1.807) is 20.8 Å². The minimum atomic E-state index is -0.553. The van der Waals surface area contributed by atoms with Crippen molar-refractivity contribution in [3.05, 3.63) is 0 Å². The van der Waals surface area contributed by atoms with Crippen molar-refractivity contribution in [1.29, 1.82) is 0 Å². The van der Waals surface area contributed by atoms with Crippen molar-refractivity contribution in [1.82, 2.24) is 4.90 Å². The van der Waals surface area contributed by atoms with E-state index in [9.17, 15) is 9.59 Å². The molecule has 1 atom stereocenters. The van der Waals surface area contributed by atoms with Crippen LogP contribution in [0, 0.1) is 0 Å². The highest BCUT2D eigenvalue weighted by molar-refractivity contribution is 5.91. The molecule has 0 aliphatic carbocycles. The summed E-state index contributed by atoms with van der Waals surface area (Å²) in [5.74, 6) is -0.115. The van der Waals surface area contributed by atoms with E-state index in [-0.39, 0.29) is 18.9 Å². The summed E-state index contributed by atoms with van der Waals surface area (Å²) < 4.78 is 5.10. The Morgan fingerprint density at radius 1 is 1.57 bits per heavy atom. The summed E-state index contributed by atoms with van der Waals surface area (Å²) in [6.07, 6.45) is -0.473. The number of Topliss-reactive ketones (excluding diaryl/α,β-unsaturated/α-hetero) is 1. The average Bonchev–Trinajstić information content (AvgIpc) is 2.28. The standard InChI is InChI=1S/C9H16N2O3/c1-9(2,3)14-8(13)11-4-6(10)7(12)5-11/h6H,4-5,10H2,1-3H3. The van der Waals surface area contributed by atoms with Gasteiger partial charge in [0.25, 0.3) is 0 Å². The SMILES string of the molecule is CC(C)(C)OC(=O)N1CC(=O)C(N)C1. The Labute approximate surface area is 83.2 Å². The van der Waals surface area contributed by atoms with Gasteiger partial charge in [-0.15, -0.1) is 0 Å². The summed E-state index contributed by atoms with van der Waals surface area (Å²) in [5, 5.41) is 0. The Balaban J connectivity index is 2.52. The van der Waals surface area contributed by atoms with Crippen LogP contribution in [-0.2, 0) is 9.53 Å². The molecule has 1 aliphatic rings. The molecule has 0 aromatic rings. The van der Waals surface area contributed by atoms with Crippen molar-refractivity contribution in [2.24, 2.45) is 5.73 Å². The predicted octanol–water partition coefficient (Wildman–Crippen LogP) is 0.134. The van der Waals surface area contributed by atoms with Gasteiger partial charge in [0.1, 0.15) is 5.60 Å². The van der Waals surface area contributed by atoms with Gasteiger partial charge in [0.2, 0.25) is 0 Å². The molecule has 0 saturated carbocycles. The molecule has 0 aromatic carbocycles. The summed E-state index contributed by atoms with van der Waals surface area (Å²) >= 11 is 0. The lowest BCUT2D eigenvalue weighted by Crippen LogP contribution is -2.36. The van der Waals surface area contributed by atoms with E-state index in [0.717, 1.165) is 0 Å². The fraction of sp³-hybridized carbons (Fsp3) is 0.778. The minimum absolute atomic E-state index is 0.0656. The van der Waals surface area contributed by atoms with Crippen molar-refractivity contribution in [3.63, 3.8) is 0 Å². The normalized spacial score (nSPS) is 22.7. The van der Waals surface area contributed by atoms with Gasteiger partial charge >= 0.3 is 6.09 Å². The van der Waals surface area contributed by atoms with Gasteiger partial charge in [0, 0.05) is 6.54 Å². The Hall–Kier alpha value is -1.10. The zero-order valence-corrected chi connectivity index (χ0v) is 8.74. The third-order valence-corrected chi connectivity index (χ3v) is 1.83. The molecule has 0 bridgehead atoms. The number of rotatable bonds is 0. The van der Waals surface area contributed by atoms with Crippen LogP contribution in [0.25, 0.3) is 0 Å². The zero-order chi connectivity index (χ0) is 10.9. The van der Waals surface area contributed by atoms with E-state index in [1.807, 2.05) is 0 Å². The van der Waals surface area contributed by atoms with Crippen LogP contribution in [-0.4, -0.2) is 41.5 Å². The second kappa shape index (κ2) is 3.57. The van der Waals surface area contributed by atoms with Crippen LogP contribution in [0.15, 0.2) is 0 Å². The Morgan fingerprint density at radius 3 is 2.50 bits per heavy atom. The molecule has 1 fully saturated rings. The molecule has 5 heteroatoms. The number of nitrogens with two attached hydrogens (primary N) is 1. The van der Waals surface area contributed by atoms with Crippen LogP contribution in [0.4, 0.5) is 4.79 Å². The van der Waals surface area contributed by atoms with Gasteiger partial charge in [-0.25, -0.2) is 4.79 Å². The lowest BCUT2D eigenvalue weighted by Gasteiger charge is -2.23. The van der Waals surface area contributed by atoms with E-state index in [0.29, 0.717) is 0 Å². The van der Waals surface area contributed by atoms with Gasteiger partial charge < -0.3 is 10.5 Å². The summed E-state index contributed by atoms with van der Waals surface area (Å²) in [6.45, 7) is 5.66. The van der Waals surface area contributed by atoms with Gasteiger partial charge in [0.05, 0.1) is 12.6 Å². The van der Waals surface area contributed by atoms with Crippen molar-refractivity contribution >= 4 is 11.9 Å². The first-order valence-electron chi connectivity index (χ1n) is 4.56. The van der Waals surface area contributed by atoms with E-state index in [2.05, 4.69) is 0 Å². The minimum Gasteiger partial charge on any atom is -0.444 e. The van der Waals surface area contributed by atoms with Crippen molar-refractivity contribution < 1.29 is 14.3 Å². The van der Waals surface area contributed by atoms with Crippen molar-refractivity contribution in [2.75, 3.05) is 13.1 Å². The monoisotopic (exact) mass is 200 g/mol. The van der Waals surface area contributed by atoms with Gasteiger partial charge in [-0.3, -0.25) is 9.69 Å². The summed E-state index contributed by atoms with van der Waals surface area (Å²) in [5.41, 5.74) is 4.94. The maximum absolute atomic E-state index is 11.4. The Kier molecular flexibility index (Phi) is 2.80. The van der Waals surface area contributed by atoms with Gasteiger partial charge in [-0.2, -0.15) is 0 Å². The fourth-order valence-electron chi connectivity index (χ4n) is 1.17. The van der Waals surface area contributed by atoms with Gasteiger partial charge in [-0.05, 0) is 20.8 Å². The summed E-state index contributed by atoms with van der Waals surface area (Å²) in [4.78, 5) is 23.9. The largest absolute Gasteiger partial charge is 0.444 e. The summed E-state index contributed by atoms with van der Waals surface area (Å²) in [7, 11) is 0. The number of carbonyl (C=O) groups excluding carboxylic acids is 2. The molecule has 0 spiro atoms. The molecule has 14 heavy (non-hydrogen) atoms. The van der Waals surface area contributed by atoms with Crippen LogP contribution in [0.5, 0.6) is 0 Å². The predicted molar refractivity (Wildman–Crippen MR) is 50.8 cm³/mol. The molecule has 2 N–H and O–H groups in total. The highest BCUT2D eigenvalue weighted by Crippen LogP contribution is 2.12. The van der Waals surface area contributed by atoms with Crippen molar-refractivity contribution in [3.8, 4) is 0 Å². The maximum Gasteiger partial charge on any atom is 0.410 e. The first kappa shape index (κ1) is 11.0. The third kappa shape index (κ3) is 2.70. The van der Waals surface area contributed by atoms with Gasteiger partial charge in [-0.1, -0.05) is 0 Å². The Bertz CT molecular complexity index is 257. The molecular weight excluding hydrogens is 184 g/mol. The first-order chi connectivity index (χ1) is 6.29. The van der Waals surface area contributed by atoms with Crippen molar-refractivity contribution in [2.45, 2.75) is 32.4 Å². The van der Waals surface area contributed by atoms with Gasteiger partial charge in [0.15, 0.2) is 5.78 Å². The second-order valence-electron chi connectivity index (χ2n) is 4.43. The average molecular weight is 200 g/mol. The van der Waals surface area contributed by atoms with E-state index in [4.69, 9.17) is 10.5 Å². The number of hydrogen-bond acceptors (Lipinski definition) is 4.